The highest BCUT2D eigenvalue weighted by molar-refractivity contribution is 7.79. The average molecular weight is 412 g/mol. The molecule has 0 radical (unpaired) electrons. The molecule has 150 valence electrons. The van der Waals surface area contributed by atoms with Gasteiger partial charge in [-0.15, -0.1) is 0 Å². The van der Waals surface area contributed by atoms with E-state index in [-0.39, 0.29) is 6.42 Å². The van der Waals surface area contributed by atoms with E-state index in [4.69, 9.17) is 17.0 Å². The monoisotopic (exact) mass is 412 g/mol. The Hall–Kier alpha value is -2.80. The van der Waals surface area contributed by atoms with Gasteiger partial charge in [0.15, 0.2) is 11.6 Å². The van der Waals surface area contributed by atoms with Crippen LogP contribution in [0, 0.1) is 19.7 Å². The van der Waals surface area contributed by atoms with Crippen molar-refractivity contribution in [2.24, 2.45) is 7.05 Å². The van der Waals surface area contributed by atoms with Gasteiger partial charge in [-0.3, -0.25) is 4.79 Å². The first-order chi connectivity index (χ1) is 13.8. The number of benzene rings is 1. The number of hydrogen-bond donors (Lipinski definition) is 1. The molecule has 0 unspecified atom stereocenters. The molecule has 3 aromatic rings. The third-order valence-corrected chi connectivity index (χ3v) is 5.92. The van der Waals surface area contributed by atoms with Gasteiger partial charge in [0, 0.05) is 29.1 Å². The van der Waals surface area contributed by atoms with Crippen LogP contribution in [-0.4, -0.2) is 32.6 Å². The van der Waals surface area contributed by atoms with Gasteiger partial charge in [0.05, 0.1) is 18.7 Å². The number of thiocarbonyl (C=S) groups is 1. The number of pyridine rings is 1. The molecule has 3 heterocycles. The topological polar surface area (TPSA) is 64.4 Å². The van der Waals surface area contributed by atoms with Crippen molar-refractivity contribution in [3.63, 3.8) is 0 Å². The fraction of sp³-hybridized carbons (Fsp3) is 0.318. The second-order valence-electron chi connectivity index (χ2n) is 7.40. The molecular formula is C22H21FN2O3S. The predicted octanol–water partition coefficient (Wildman–Crippen LogP) is 4.30. The number of rotatable bonds is 4. The summed E-state index contributed by atoms with van der Waals surface area (Å²) in [5.74, 6) is -1.07. The Bertz CT molecular complexity index is 1180. The summed E-state index contributed by atoms with van der Waals surface area (Å²) >= 11 is 5.12. The normalized spacial score (nSPS) is 13.2. The Balaban J connectivity index is 2.13. The molecule has 1 aliphatic heterocycles. The zero-order valence-electron chi connectivity index (χ0n) is 16.5. The lowest BCUT2D eigenvalue weighted by Gasteiger charge is -2.23. The molecule has 1 N–H and O–H groups in total. The van der Waals surface area contributed by atoms with Gasteiger partial charge in [0.25, 0.3) is 0 Å². The minimum absolute atomic E-state index is 0.194. The maximum atomic E-state index is 15.0. The first kappa shape index (κ1) is 19.5. The van der Waals surface area contributed by atoms with Gasteiger partial charge in [0.2, 0.25) is 0 Å². The molecular weight excluding hydrogens is 391 g/mol. The molecule has 0 atom stereocenters. The Morgan fingerprint density at radius 2 is 2.17 bits per heavy atom. The van der Waals surface area contributed by atoms with Gasteiger partial charge in [0.1, 0.15) is 5.65 Å². The van der Waals surface area contributed by atoms with Gasteiger partial charge in [-0.05, 0) is 61.1 Å². The molecule has 0 fully saturated rings. The van der Waals surface area contributed by atoms with Gasteiger partial charge < -0.3 is 14.4 Å². The Morgan fingerprint density at radius 3 is 2.86 bits per heavy atom. The summed E-state index contributed by atoms with van der Waals surface area (Å²) in [5, 5.41) is 11.8. The van der Waals surface area contributed by atoms with Crippen molar-refractivity contribution in [1.29, 1.82) is 0 Å². The number of aliphatic carboxylic acids is 1. The highest BCUT2D eigenvalue weighted by atomic mass is 32.1. The second kappa shape index (κ2) is 7.22. The van der Waals surface area contributed by atoms with Crippen molar-refractivity contribution in [3.8, 4) is 16.9 Å². The highest BCUT2D eigenvalue weighted by Gasteiger charge is 2.25. The van der Waals surface area contributed by atoms with Crippen LogP contribution in [0.15, 0.2) is 12.1 Å². The lowest BCUT2D eigenvalue weighted by Crippen LogP contribution is -2.13. The first-order valence-corrected chi connectivity index (χ1v) is 9.91. The zero-order valence-corrected chi connectivity index (χ0v) is 17.3. The molecule has 0 spiro atoms. The summed E-state index contributed by atoms with van der Waals surface area (Å²) in [6.07, 6.45) is 1.36. The van der Waals surface area contributed by atoms with Gasteiger partial charge >= 0.3 is 5.97 Å². The number of hydrogen-bond acceptors (Lipinski definition) is 4. The van der Waals surface area contributed by atoms with E-state index in [0.29, 0.717) is 40.4 Å². The van der Waals surface area contributed by atoms with Crippen LogP contribution in [-0.2, 0) is 24.7 Å². The van der Waals surface area contributed by atoms with Gasteiger partial charge in [-0.25, -0.2) is 9.37 Å². The number of aromatic nitrogens is 2. The van der Waals surface area contributed by atoms with E-state index in [2.05, 4.69) is 4.98 Å². The Morgan fingerprint density at radius 1 is 1.41 bits per heavy atom. The van der Waals surface area contributed by atoms with Crippen molar-refractivity contribution >= 4 is 34.6 Å². The smallest absolute Gasteiger partial charge is 0.307 e. The van der Waals surface area contributed by atoms with E-state index in [0.717, 1.165) is 35.0 Å². The van der Waals surface area contributed by atoms with Crippen LogP contribution in [0.25, 0.3) is 22.2 Å². The number of halogens is 1. The molecule has 5 nitrogen and oxygen atoms in total. The van der Waals surface area contributed by atoms with Crippen molar-refractivity contribution in [3.05, 3.63) is 46.0 Å². The van der Waals surface area contributed by atoms with E-state index >= 15 is 0 Å². The maximum absolute atomic E-state index is 15.0. The van der Waals surface area contributed by atoms with E-state index in [1.165, 1.54) is 6.07 Å². The molecule has 2 aromatic heterocycles. The predicted molar refractivity (Wildman–Crippen MR) is 113 cm³/mol. The molecule has 0 saturated carbocycles. The van der Waals surface area contributed by atoms with Gasteiger partial charge in [-0.1, -0.05) is 12.2 Å². The van der Waals surface area contributed by atoms with E-state index < -0.39 is 11.8 Å². The summed E-state index contributed by atoms with van der Waals surface area (Å²) in [5.41, 5.74) is 5.82. The molecule has 0 aliphatic carbocycles. The van der Waals surface area contributed by atoms with E-state index in [1.807, 2.05) is 24.6 Å². The zero-order chi connectivity index (χ0) is 20.9. The number of aryl methyl sites for hydroxylation is 2. The minimum atomic E-state index is -0.957. The third kappa shape index (κ3) is 3.09. The molecule has 1 aromatic carbocycles. The highest BCUT2D eigenvalue weighted by Crippen LogP contribution is 2.42. The Kier molecular flexibility index (Phi) is 4.86. The molecule has 29 heavy (non-hydrogen) atoms. The molecule has 0 saturated heterocycles. The van der Waals surface area contributed by atoms with Crippen LogP contribution >= 0.6 is 12.2 Å². The number of ether oxygens (including phenoxy) is 1. The van der Waals surface area contributed by atoms with Crippen LogP contribution in [0.1, 0.15) is 34.5 Å². The van der Waals surface area contributed by atoms with Crippen LogP contribution in [0.3, 0.4) is 0 Å². The standard InChI is InChI=1S/C22H21FN2O3S/c1-11-14-5-4-6-28-21(14)18(23)8-15(11)20-16(9-19(26)27)12(2)24-22-17(20)7-13(10-29)25(22)3/h7-8,10H,4-6,9H2,1-3H3,(H,26,27). The van der Waals surface area contributed by atoms with Crippen LogP contribution in [0.4, 0.5) is 4.39 Å². The quantitative estimate of drug-likeness (QED) is 0.648. The second-order valence-corrected chi connectivity index (χ2v) is 7.63. The lowest BCUT2D eigenvalue weighted by molar-refractivity contribution is -0.136. The molecule has 1 aliphatic rings. The van der Waals surface area contributed by atoms with Gasteiger partial charge in [-0.2, -0.15) is 0 Å². The Labute approximate surface area is 173 Å². The third-order valence-electron chi connectivity index (χ3n) is 5.67. The molecule has 0 amide bonds. The largest absolute Gasteiger partial charge is 0.490 e. The van der Waals surface area contributed by atoms with E-state index in [1.54, 1.807) is 12.3 Å². The summed E-state index contributed by atoms with van der Waals surface area (Å²) in [7, 11) is 1.86. The number of fused-ring (bicyclic) bond motifs is 2. The summed E-state index contributed by atoms with van der Waals surface area (Å²) in [6.45, 7) is 4.23. The van der Waals surface area contributed by atoms with Crippen molar-refractivity contribution in [2.75, 3.05) is 6.61 Å². The summed E-state index contributed by atoms with van der Waals surface area (Å²) in [6, 6.07) is 3.35. The van der Waals surface area contributed by atoms with Crippen molar-refractivity contribution in [2.45, 2.75) is 33.1 Å². The maximum Gasteiger partial charge on any atom is 0.307 e. The van der Waals surface area contributed by atoms with Crippen LogP contribution < -0.4 is 4.74 Å². The summed E-state index contributed by atoms with van der Waals surface area (Å²) < 4.78 is 22.4. The fourth-order valence-electron chi connectivity index (χ4n) is 4.21. The first-order valence-electron chi connectivity index (χ1n) is 9.44. The number of nitrogens with zero attached hydrogens (tertiary/aromatic N) is 2. The fourth-order valence-corrected chi connectivity index (χ4v) is 4.43. The minimum Gasteiger partial charge on any atom is -0.490 e. The number of carboxylic acid groups (broad SMARTS) is 1. The molecule has 7 heteroatoms. The van der Waals surface area contributed by atoms with Crippen LogP contribution in [0.5, 0.6) is 5.75 Å². The van der Waals surface area contributed by atoms with Crippen LogP contribution in [0.2, 0.25) is 0 Å². The SMILES string of the molecule is Cc1nc2c(cc(C=S)n2C)c(-c2cc(F)c3c(c2C)CCCO3)c1CC(=O)O. The number of carboxylic acids is 1. The van der Waals surface area contributed by atoms with Crippen molar-refractivity contribution in [1.82, 2.24) is 9.55 Å². The number of carbonyl (C=O) groups is 1. The average Bonchev–Trinajstić information content (AvgIpc) is 3.01. The van der Waals surface area contributed by atoms with E-state index in [9.17, 15) is 14.3 Å². The molecule has 0 bridgehead atoms. The van der Waals surface area contributed by atoms with Crippen molar-refractivity contribution < 1.29 is 19.0 Å². The summed E-state index contributed by atoms with van der Waals surface area (Å²) in [4.78, 5) is 16.2. The lowest BCUT2D eigenvalue weighted by atomic mass is 9.87. The molecule has 4 rings (SSSR count).